The van der Waals surface area contributed by atoms with Crippen LogP contribution in [0.3, 0.4) is 0 Å². The van der Waals surface area contributed by atoms with Gasteiger partial charge in [-0.05, 0) is 57.3 Å². The number of rotatable bonds is 1. The van der Waals surface area contributed by atoms with Gasteiger partial charge in [0, 0.05) is 7.14 Å². The van der Waals surface area contributed by atoms with E-state index in [0.29, 0.717) is 5.75 Å². The predicted molar refractivity (Wildman–Crippen MR) is 60.1 cm³/mol. The lowest BCUT2D eigenvalue weighted by atomic mass is 10.3. The zero-order valence-corrected chi connectivity index (χ0v) is 10.1. The fourth-order valence-electron chi connectivity index (χ4n) is 0.682. The van der Waals surface area contributed by atoms with E-state index in [4.69, 9.17) is 4.74 Å². The van der Waals surface area contributed by atoms with Crippen molar-refractivity contribution < 1.29 is 9.84 Å². The number of methoxy groups -OCH3 is 1. The Labute approximate surface area is 92.2 Å². The van der Waals surface area contributed by atoms with Gasteiger partial charge >= 0.3 is 0 Å². The summed E-state index contributed by atoms with van der Waals surface area (Å²) in [5, 5.41) is 9.28. The Kier molecular flexibility index (Phi) is 3.23. The zero-order chi connectivity index (χ0) is 8.43. The van der Waals surface area contributed by atoms with Crippen molar-refractivity contribution in [2.24, 2.45) is 0 Å². The smallest absolute Gasteiger partial charge is 0.161 e. The van der Waals surface area contributed by atoms with E-state index in [2.05, 4.69) is 45.2 Å². The first-order valence-electron chi connectivity index (χ1n) is 2.87. The summed E-state index contributed by atoms with van der Waals surface area (Å²) in [4.78, 5) is 0. The molecule has 0 spiro atoms. The van der Waals surface area contributed by atoms with Crippen LogP contribution in [0.4, 0.5) is 0 Å². The molecule has 0 aromatic heterocycles. The number of hydrogen-bond donors (Lipinski definition) is 1. The Hall–Kier alpha value is 0.280. The predicted octanol–water partition coefficient (Wildman–Crippen LogP) is 2.61. The molecule has 0 aliphatic rings. The first-order valence-corrected chi connectivity index (χ1v) is 5.03. The highest BCUT2D eigenvalue weighted by Crippen LogP contribution is 2.30. The average Bonchev–Trinajstić information content (AvgIpc) is 1.97. The van der Waals surface area contributed by atoms with Crippen LogP contribution in [0.5, 0.6) is 11.5 Å². The van der Waals surface area contributed by atoms with Crippen LogP contribution in [0.15, 0.2) is 12.1 Å². The van der Waals surface area contributed by atoms with E-state index < -0.39 is 0 Å². The fraction of sp³-hybridized carbons (Fsp3) is 0.143. The van der Waals surface area contributed by atoms with Crippen LogP contribution in [0, 0.1) is 7.14 Å². The third kappa shape index (κ3) is 2.11. The molecule has 1 aromatic rings. The molecule has 0 unspecified atom stereocenters. The molecule has 60 valence electrons. The van der Waals surface area contributed by atoms with E-state index in [0.717, 1.165) is 7.14 Å². The third-order valence-corrected chi connectivity index (χ3v) is 4.04. The molecule has 11 heavy (non-hydrogen) atoms. The molecule has 0 amide bonds. The molecule has 1 aromatic carbocycles. The molecular formula is C7H6I2O2. The molecule has 1 N–H and O–H groups in total. The summed E-state index contributed by atoms with van der Waals surface area (Å²) < 4.78 is 7.03. The van der Waals surface area contributed by atoms with Crippen molar-refractivity contribution in [1.82, 2.24) is 0 Å². The number of aromatic hydroxyl groups is 1. The van der Waals surface area contributed by atoms with Crippen molar-refractivity contribution in [2.45, 2.75) is 0 Å². The summed E-state index contributed by atoms with van der Waals surface area (Å²) in [7, 11) is 1.54. The molecule has 0 heterocycles. The summed E-state index contributed by atoms with van der Waals surface area (Å²) in [5.41, 5.74) is 0. The average molecular weight is 376 g/mol. The Bertz CT molecular complexity index is 273. The van der Waals surface area contributed by atoms with E-state index in [1.807, 2.05) is 0 Å². The van der Waals surface area contributed by atoms with Gasteiger partial charge in [-0.1, -0.05) is 0 Å². The number of halogens is 2. The van der Waals surface area contributed by atoms with Crippen LogP contribution >= 0.6 is 45.2 Å². The minimum atomic E-state index is 0.192. The lowest BCUT2D eigenvalue weighted by molar-refractivity contribution is 0.373. The van der Waals surface area contributed by atoms with Crippen molar-refractivity contribution in [3.8, 4) is 11.5 Å². The summed E-state index contributed by atoms with van der Waals surface area (Å²) in [6.45, 7) is 0. The van der Waals surface area contributed by atoms with Crippen molar-refractivity contribution in [3.63, 3.8) is 0 Å². The zero-order valence-electron chi connectivity index (χ0n) is 5.77. The highest BCUT2D eigenvalue weighted by molar-refractivity contribution is 14.1. The van der Waals surface area contributed by atoms with Crippen LogP contribution in [0.1, 0.15) is 0 Å². The Morgan fingerprint density at radius 1 is 1.27 bits per heavy atom. The van der Waals surface area contributed by atoms with Crippen LogP contribution in [-0.4, -0.2) is 12.2 Å². The van der Waals surface area contributed by atoms with Crippen molar-refractivity contribution in [1.29, 1.82) is 0 Å². The van der Waals surface area contributed by atoms with Crippen LogP contribution in [0.25, 0.3) is 0 Å². The number of ether oxygens (including phenoxy) is 1. The number of benzene rings is 1. The van der Waals surface area contributed by atoms with Crippen LogP contribution in [-0.2, 0) is 0 Å². The van der Waals surface area contributed by atoms with E-state index in [1.54, 1.807) is 12.1 Å². The van der Waals surface area contributed by atoms with Gasteiger partial charge in [0.2, 0.25) is 0 Å². The fourth-order valence-corrected chi connectivity index (χ4v) is 1.57. The van der Waals surface area contributed by atoms with E-state index in [-0.39, 0.29) is 5.75 Å². The van der Waals surface area contributed by atoms with Gasteiger partial charge in [0.25, 0.3) is 0 Å². The SMILES string of the molecule is COc1cc(I)c(I)cc1O. The molecule has 4 heteroatoms. The second kappa shape index (κ2) is 3.79. The molecule has 1 rings (SSSR count). The van der Waals surface area contributed by atoms with Gasteiger partial charge in [-0.15, -0.1) is 0 Å². The summed E-state index contributed by atoms with van der Waals surface area (Å²) in [6.07, 6.45) is 0. The summed E-state index contributed by atoms with van der Waals surface area (Å²) >= 11 is 4.35. The van der Waals surface area contributed by atoms with Gasteiger partial charge < -0.3 is 9.84 Å². The second-order valence-corrected chi connectivity index (χ2v) is 4.26. The first kappa shape index (κ1) is 9.37. The Balaban J connectivity index is 3.21. The van der Waals surface area contributed by atoms with Gasteiger partial charge in [0.05, 0.1) is 7.11 Å². The Morgan fingerprint density at radius 2 is 1.82 bits per heavy atom. The van der Waals surface area contributed by atoms with Gasteiger partial charge in [-0.25, -0.2) is 0 Å². The van der Waals surface area contributed by atoms with Crippen molar-refractivity contribution >= 4 is 45.2 Å². The molecule has 0 aliphatic heterocycles. The number of phenolic OH excluding ortho intramolecular Hbond substituents is 1. The molecule has 0 fully saturated rings. The van der Waals surface area contributed by atoms with E-state index >= 15 is 0 Å². The maximum Gasteiger partial charge on any atom is 0.161 e. The minimum absolute atomic E-state index is 0.192. The molecule has 0 saturated carbocycles. The first-order chi connectivity index (χ1) is 5.15. The maximum atomic E-state index is 9.28. The lowest BCUT2D eigenvalue weighted by Crippen LogP contribution is -1.86. The van der Waals surface area contributed by atoms with Crippen LogP contribution in [0.2, 0.25) is 0 Å². The number of phenols is 1. The summed E-state index contributed by atoms with van der Waals surface area (Å²) in [6, 6.07) is 3.48. The number of hydrogen-bond acceptors (Lipinski definition) is 2. The second-order valence-electron chi connectivity index (χ2n) is 1.94. The molecule has 0 saturated heterocycles. The largest absolute Gasteiger partial charge is 0.504 e. The van der Waals surface area contributed by atoms with Gasteiger partial charge in [0.15, 0.2) is 11.5 Å². The third-order valence-electron chi connectivity index (χ3n) is 1.22. The van der Waals surface area contributed by atoms with E-state index in [9.17, 15) is 5.11 Å². The van der Waals surface area contributed by atoms with Gasteiger partial charge in [-0.2, -0.15) is 0 Å². The monoisotopic (exact) mass is 376 g/mol. The van der Waals surface area contributed by atoms with Crippen molar-refractivity contribution in [3.05, 3.63) is 19.3 Å². The molecule has 0 atom stereocenters. The molecule has 0 aliphatic carbocycles. The lowest BCUT2D eigenvalue weighted by Gasteiger charge is -2.04. The molecular weight excluding hydrogens is 370 g/mol. The van der Waals surface area contributed by atoms with E-state index in [1.165, 1.54) is 7.11 Å². The minimum Gasteiger partial charge on any atom is -0.504 e. The maximum absolute atomic E-state index is 9.28. The molecule has 0 bridgehead atoms. The van der Waals surface area contributed by atoms with Gasteiger partial charge in [0.1, 0.15) is 0 Å². The van der Waals surface area contributed by atoms with Crippen molar-refractivity contribution in [2.75, 3.05) is 7.11 Å². The topological polar surface area (TPSA) is 29.5 Å². The Morgan fingerprint density at radius 3 is 2.36 bits per heavy atom. The highest BCUT2D eigenvalue weighted by atomic mass is 127. The standard InChI is InChI=1S/C7H6I2O2/c1-11-7-3-5(9)4(8)2-6(7)10/h2-3,10H,1H3. The normalized spacial score (nSPS) is 9.73. The molecule has 0 radical (unpaired) electrons. The highest BCUT2D eigenvalue weighted by Gasteiger charge is 2.04. The molecule has 2 nitrogen and oxygen atoms in total. The van der Waals surface area contributed by atoms with Gasteiger partial charge in [-0.3, -0.25) is 0 Å². The quantitative estimate of drug-likeness (QED) is 0.764. The van der Waals surface area contributed by atoms with Crippen LogP contribution < -0.4 is 4.74 Å². The summed E-state index contributed by atoms with van der Waals surface area (Å²) in [5.74, 6) is 0.715.